The van der Waals surface area contributed by atoms with E-state index in [2.05, 4.69) is 40.4 Å². The topological polar surface area (TPSA) is 67.0 Å². The lowest BCUT2D eigenvalue weighted by Gasteiger charge is -2.09. The van der Waals surface area contributed by atoms with Crippen LogP contribution in [0, 0.1) is 13.8 Å². The monoisotopic (exact) mass is 323 g/mol. The number of nitrogens with zero attached hydrogens (tertiary/aromatic N) is 1. The Kier molecular flexibility index (Phi) is 4.51. The second kappa shape index (κ2) is 6.74. The van der Waals surface area contributed by atoms with Crippen LogP contribution in [-0.4, -0.2) is 23.0 Å². The summed E-state index contributed by atoms with van der Waals surface area (Å²) in [5.41, 5.74) is 5.19. The van der Waals surface area contributed by atoms with Gasteiger partial charge in [-0.15, -0.1) is 0 Å². The van der Waals surface area contributed by atoms with Crippen molar-refractivity contribution < 1.29 is 9.53 Å². The summed E-state index contributed by atoms with van der Waals surface area (Å²) in [5, 5.41) is 4.06. The fraction of sp³-hybridized carbons (Fsp3) is 0.263. The van der Waals surface area contributed by atoms with Gasteiger partial charge in [-0.3, -0.25) is 4.79 Å². The Balaban J connectivity index is 1.73. The predicted molar refractivity (Wildman–Crippen MR) is 94.1 cm³/mol. The number of methoxy groups -OCH3 is 1. The number of fused-ring (bicyclic) bond motifs is 1. The number of ether oxygens (including phenoxy) is 1. The Labute approximate surface area is 141 Å². The quantitative estimate of drug-likeness (QED) is 0.758. The third kappa shape index (κ3) is 3.25. The van der Waals surface area contributed by atoms with E-state index < -0.39 is 0 Å². The molecule has 0 fully saturated rings. The van der Waals surface area contributed by atoms with Crippen molar-refractivity contribution in [2.24, 2.45) is 0 Å². The van der Waals surface area contributed by atoms with E-state index in [-0.39, 0.29) is 5.91 Å². The van der Waals surface area contributed by atoms with Gasteiger partial charge in [-0.1, -0.05) is 17.7 Å². The fourth-order valence-electron chi connectivity index (χ4n) is 2.88. The number of rotatable bonds is 5. The molecule has 3 rings (SSSR count). The van der Waals surface area contributed by atoms with Crippen molar-refractivity contribution in [3.8, 4) is 5.88 Å². The highest BCUT2D eigenvalue weighted by Crippen LogP contribution is 2.24. The number of aromatic nitrogens is 2. The fourth-order valence-corrected chi connectivity index (χ4v) is 2.88. The molecule has 0 atom stereocenters. The number of amides is 1. The number of nitrogens with one attached hydrogen (secondary N) is 2. The molecule has 1 aromatic carbocycles. The lowest BCUT2D eigenvalue weighted by molar-refractivity contribution is -0.120. The molecular formula is C19H21N3O2. The number of aromatic amines is 1. The van der Waals surface area contributed by atoms with Crippen LogP contribution >= 0.6 is 0 Å². The summed E-state index contributed by atoms with van der Waals surface area (Å²) in [6.45, 7) is 4.46. The second-order valence-corrected chi connectivity index (χ2v) is 5.90. The Bertz CT molecular complexity index is 883. The Morgan fingerprint density at radius 2 is 2.12 bits per heavy atom. The molecule has 5 heteroatoms. The van der Waals surface area contributed by atoms with Crippen LogP contribution in [0.3, 0.4) is 0 Å². The highest BCUT2D eigenvalue weighted by atomic mass is 16.5. The lowest BCUT2D eigenvalue weighted by atomic mass is 10.1. The molecule has 5 nitrogen and oxygen atoms in total. The Morgan fingerprint density at radius 1 is 1.29 bits per heavy atom. The highest BCUT2D eigenvalue weighted by Gasteiger charge is 2.13. The zero-order valence-corrected chi connectivity index (χ0v) is 14.1. The number of benzene rings is 1. The molecule has 0 radical (unpaired) electrons. The second-order valence-electron chi connectivity index (χ2n) is 5.90. The van der Waals surface area contributed by atoms with Gasteiger partial charge in [0.2, 0.25) is 11.8 Å². The maximum Gasteiger partial charge on any atom is 0.224 e. The summed E-state index contributed by atoms with van der Waals surface area (Å²) in [6.07, 6.45) is 2.01. The van der Waals surface area contributed by atoms with Crippen LogP contribution in [0.2, 0.25) is 0 Å². The van der Waals surface area contributed by atoms with Gasteiger partial charge < -0.3 is 15.0 Å². The molecule has 2 N–H and O–H groups in total. The van der Waals surface area contributed by atoms with Crippen LogP contribution < -0.4 is 10.1 Å². The largest absolute Gasteiger partial charge is 0.481 e. The lowest BCUT2D eigenvalue weighted by Crippen LogP contribution is -2.25. The molecule has 3 aromatic rings. The number of aryl methyl sites for hydroxylation is 2. The van der Waals surface area contributed by atoms with Crippen molar-refractivity contribution >= 4 is 16.8 Å². The van der Waals surface area contributed by atoms with E-state index in [1.165, 1.54) is 5.56 Å². The summed E-state index contributed by atoms with van der Waals surface area (Å²) in [5.74, 6) is 0.517. The van der Waals surface area contributed by atoms with Gasteiger partial charge in [0.15, 0.2) is 0 Å². The van der Waals surface area contributed by atoms with Gasteiger partial charge in [0, 0.05) is 34.9 Å². The van der Waals surface area contributed by atoms with Gasteiger partial charge in [0.1, 0.15) is 0 Å². The number of hydrogen-bond donors (Lipinski definition) is 2. The normalized spacial score (nSPS) is 10.8. The molecule has 0 saturated carbocycles. The minimum absolute atomic E-state index is 0.0218. The van der Waals surface area contributed by atoms with Crippen LogP contribution in [0.25, 0.3) is 10.9 Å². The number of H-pyrrole nitrogens is 1. The van der Waals surface area contributed by atoms with Crippen LogP contribution in [0.1, 0.15) is 22.4 Å². The molecule has 124 valence electrons. The van der Waals surface area contributed by atoms with Crippen molar-refractivity contribution in [2.75, 3.05) is 7.11 Å². The van der Waals surface area contributed by atoms with Gasteiger partial charge in [0.25, 0.3) is 0 Å². The summed E-state index contributed by atoms with van der Waals surface area (Å²) < 4.78 is 5.21. The minimum Gasteiger partial charge on any atom is -0.481 e. The third-order valence-corrected chi connectivity index (χ3v) is 4.13. The van der Waals surface area contributed by atoms with Gasteiger partial charge in [-0.05, 0) is 37.6 Å². The van der Waals surface area contributed by atoms with Gasteiger partial charge in [-0.2, -0.15) is 0 Å². The number of pyridine rings is 1. The molecule has 0 aliphatic heterocycles. The van der Waals surface area contributed by atoms with E-state index in [0.717, 1.165) is 27.7 Å². The predicted octanol–water partition coefficient (Wildman–Crippen LogP) is 3.05. The molecule has 0 spiro atoms. The molecule has 0 unspecified atom stereocenters. The number of hydrogen-bond acceptors (Lipinski definition) is 3. The smallest absolute Gasteiger partial charge is 0.224 e. The molecule has 2 aromatic heterocycles. The van der Waals surface area contributed by atoms with Crippen molar-refractivity contribution in [3.63, 3.8) is 0 Å². The van der Waals surface area contributed by atoms with Crippen LogP contribution in [0.5, 0.6) is 5.88 Å². The highest BCUT2D eigenvalue weighted by molar-refractivity contribution is 5.90. The summed E-state index contributed by atoms with van der Waals surface area (Å²) in [7, 11) is 1.57. The zero-order valence-electron chi connectivity index (χ0n) is 14.1. The molecule has 1 amide bonds. The molecular weight excluding hydrogens is 302 g/mol. The van der Waals surface area contributed by atoms with Crippen molar-refractivity contribution in [3.05, 3.63) is 58.9 Å². The maximum atomic E-state index is 12.4. The molecule has 0 bridgehead atoms. The van der Waals surface area contributed by atoms with Gasteiger partial charge in [-0.25, -0.2) is 4.98 Å². The van der Waals surface area contributed by atoms with Crippen LogP contribution in [0.4, 0.5) is 0 Å². The Hall–Kier alpha value is -2.82. The average Bonchev–Trinajstić information content (AvgIpc) is 2.88. The average molecular weight is 323 g/mol. The number of carbonyl (C=O) groups excluding carboxylic acids is 1. The van der Waals surface area contributed by atoms with Crippen LogP contribution in [0.15, 0.2) is 36.5 Å². The summed E-state index contributed by atoms with van der Waals surface area (Å²) in [6, 6.07) is 9.96. The summed E-state index contributed by atoms with van der Waals surface area (Å²) in [4.78, 5) is 19.9. The maximum absolute atomic E-state index is 12.4. The molecule has 0 saturated heterocycles. The summed E-state index contributed by atoms with van der Waals surface area (Å²) >= 11 is 0. The standard InChI is InChI=1S/C19H21N3O2/c1-12-6-7-17-16(9-12)15(13(2)22-17)10-18(23)21-11-14-5-4-8-20-19(14)24-3/h4-9,22H,10-11H2,1-3H3,(H,21,23). The van der Waals surface area contributed by atoms with E-state index in [1.807, 2.05) is 19.1 Å². The van der Waals surface area contributed by atoms with Crippen LogP contribution in [-0.2, 0) is 17.8 Å². The Morgan fingerprint density at radius 3 is 2.92 bits per heavy atom. The molecule has 0 aliphatic rings. The SMILES string of the molecule is COc1ncccc1CNC(=O)Cc1c(C)[nH]c2ccc(C)cc12. The molecule has 24 heavy (non-hydrogen) atoms. The van der Waals surface area contributed by atoms with Crippen molar-refractivity contribution in [1.82, 2.24) is 15.3 Å². The first-order valence-corrected chi connectivity index (χ1v) is 7.91. The van der Waals surface area contributed by atoms with E-state index in [0.29, 0.717) is 18.8 Å². The minimum atomic E-state index is -0.0218. The van der Waals surface area contributed by atoms with E-state index in [1.54, 1.807) is 13.3 Å². The third-order valence-electron chi connectivity index (χ3n) is 4.13. The first-order valence-electron chi connectivity index (χ1n) is 7.91. The van der Waals surface area contributed by atoms with Gasteiger partial charge >= 0.3 is 0 Å². The molecule has 0 aliphatic carbocycles. The van der Waals surface area contributed by atoms with Crippen molar-refractivity contribution in [1.29, 1.82) is 0 Å². The number of carbonyl (C=O) groups is 1. The van der Waals surface area contributed by atoms with Gasteiger partial charge in [0.05, 0.1) is 13.5 Å². The van der Waals surface area contributed by atoms with E-state index in [4.69, 9.17) is 4.74 Å². The zero-order chi connectivity index (χ0) is 17.1. The molecule has 2 heterocycles. The first kappa shape index (κ1) is 16.1. The van der Waals surface area contributed by atoms with Crippen molar-refractivity contribution in [2.45, 2.75) is 26.8 Å². The van der Waals surface area contributed by atoms with E-state index >= 15 is 0 Å². The van der Waals surface area contributed by atoms with E-state index in [9.17, 15) is 4.79 Å². The first-order chi connectivity index (χ1) is 11.6.